The predicted octanol–water partition coefficient (Wildman–Crippen LogP) is 9.03. The molecule has 0 aliphatic carbocycles. The number of aryl methyl sites for hydroxylation is 1. The molecular weight excluding hydrogens is 615 g/mol. The van der Waals surface area contributed by atoms with Gasteiger partial charge in [0, 0.05) is 27.2 Å². The highest BCUT2D eigenvalue weighted by Gasteiger charge is 2.23. The van der Waals surface area contributed by atoms with Crippen LogP contribution in [0.4, 0.5) is 11.4 Å². The molecule has 0 aliphatic heterocycles. The van der Waals surface area contributed by atoms with Gasteiger partial charge in [-0.1, -0.05) is 115 Å². The van der Waals surface area contributed by atoms with Crippen LogP contribution in [0, 0.1) is 6.92 Å². The molecule has 0 radical (unpaired) electrons. The quantitative estimate of drug-likeness (QED) is 0.102. The molecule has 0 aromatic heterocycles. The molecule has 1 unspecified atom stereocenters. The lowest BCUT2D eigenvalue weighted by Gasteiger charge is -2.18. The monoisotopic (exact) mass is 647 g/mol. The van der Waals surface area contributed by atoms with Gasteiger partial charge in [0.15, 0.2) is 0 Å². The fraction of sp³-hybridized carbons (Fsp3) is 0.0488. The maximum absolute atomic E-state index is 13.8. The normalized spacial score (nSPS) is 11.8. The molecule has 0 heterocycles. The van der Waals surface area contributed by atoms with Crippen LogP contribution in [0.3, 0.4) is 0 Å². The first-order valence-electron chi connectivity index (χ1n) is 15.5. The first kappa shape index (κ1) is 32.0. The number of carbonyl (C=O) groups excluding carboxylic acids is 3. The molecule has 0 saturated heterocycles. The summed E-state index contributed by atoms with van der Waals surface area (Å²) < 4.78 is 0. The van der Waals surface area contributed by atoms with Gasteiger partial charge in [-0.3, -0.25) is 14.4 Å². The van der Waals surface area contributed by atoms with Gasteiger partial charge in [-0.25, -0.2) is 0 Å². The Morgan fingerprint density at radius 1 is 0.667 bits per heavy atom. The molecule has 6 aromatic rings. The van der Waals surface area contributed by atoms with Crippen LogP contribution in [0.5, 0.6) is 0 Å². The molecule has 3 N–H and O–H groups in total. The van der Waals surface area contributed by atoms with E-state index in [-0.39, 0.29) is 17.5 Å². The maximum Gasteiger partial charge on any atom is 0.272 e. The van der Waals surface area contributed by atoms with Crippen molar-refractivity contribution in [2.75, 3.05) is 10.6 Å². The molecule has 7 heteroatoms. The van der Waals surface area contributed by atoms with Crippen molar-refractivity contribution in [2.45, 2.75) is 17.1 Å². The van der Waals surface area contributed by atoms with Crippen molar-refractivity contribution in [1.82, 2.24) is 5.32 Å². The van der Waals surface area contributed by atoms with E-state index in [1.54, 1.807) is 42.5 Å². The molecule has 0 aliphatic rings. The lowest BCUT2D eigenvalue weighted by molar-refractivity contribution is -0.116. The second kappa shape index (κ2) is 15.1. The van der Waals surface area contributed by atoms with Crippen molar-refractivity contribution in [3.63, 3.8) is 0 Å². The summed E-state index contributed by atoms with van der Waals surface area (Å²) in [6.45, 7) is 1.97. The van der Waals surface area contributed by atoms with Gasteiger partial charge < -0.3 is 16.0 Å². The Kier molecular flexibility index (Phi) is 10.1. The number of amides is 3. The first-order valence-corrected chi connectivity index (χ1v) is 16.4. The molecule has 0 bridgehead atoms. The van der Waals surface area contributed by atoms with Gasteiger partial charge >= 0.3 is 0 Å². The summed E-state index contributed by atoms with van der Waals surface area (Å²) in [5.41, 5.74) is 4.55. The Bertz CT molecular complexity index is 2090. The van der Waals surface area contributed by atoms with E-state index in [0.717, 1.165) is 38.0 Å². The number of rotatable bonds is 10. The van der Waals surface area contributed by atoms with Crippen LogP contribution in [0.25, 0.3) is 16.8 Å². The van der Waals surface area contributed by atoms with Gasteiger partial charge in [-0.2, -0.15) is 0 Å². The number of carbonyl (C=O) groups is 3. The van der Waals surface area contributed by atoms with E-state index in [9.17, 15) is 14.4 Å². The predicted molar refractivity (Wildman–Crippen MR) is 196 cm³/mol. The third-order valence-corrected chi connectivity index (χ3v) is 8.90. The van der Waals surface area contributed by atoms with E-state index in [1.807, 2.05) is 122 Å². The van der Waals surface area contributed by atoms with Crippen LogP contribution in [0.1, 0.15) is 32.3 Å². The molecule has 3 amide bonds. The molecule has 0 spiro atoms. The summed E-state index contributed by atoms with van der Waals surface area (Å²) in [6, 6.07) is 47.2. The van der Waals surface area contributed by atoms with Crippen molar-refractivity contribution >= 4 is 57.7 Å². The summed E-state index contributed by atoms with van der Waals surface area (Å²) in [7, 11) is 0. The molecule has 6 aromatic carbocycles. The van der Waals surface area contributed by atoms with E-state index >= 15 is 0 Å². The van der Waals surface area contributed by atoms with Gasteiger partial charge in [-0.05, 0) is 72.0 Å². The highest BCUT2D eigenvalue weighted by molar-refractivity contribution is 8.00. The summed E-state index contributed by atoms with van der Waals surface area (Å²) in [6.07, 6.45) is 1.66. The number of hydrogen-bond acceptors (Lipinski definition) is 4. The second-order valence-corrected chi connectivity index (χ2v) is 12.4. The Morgan fingerprint density at radius 2 is 1.33 bits per heavy atom. The van der Waals surface area contributed by atoms with Crippen LogP contribution >= 0.6 is 11.8 Å². The Morgan fingerprint density at radius 3 is 2.08 bits per heavy atom. The molecule has 48 heavy (non-hydrogen) atoms. The molecule has 0 saturated carbocycles. The van der Waals surface area contributed by atoms with E-state index in [0.29, 0.717) is 11.3 Å². The fourth-order valence-electron chi connectivity index (χ4n) is 5.25. The van der Waals surface area contributed by atoms with Crippen LogP contribution < -0.4 is 16.0 Å². The largest absolute Gasteiger partial charge is 0.324 e. The van der Waals surface area contributed by atoms with Crippen LogP contribution in [0.2, 0.25) is 0 Å². The smallest absolute Gasteiger partial charge is 0.272 e. The van der Waals surface area contributed by atoms with Crippen molar-refractivity contribution in [2.24, 2.45) is 0 Å². The zero-order chi connectivity index (χ0) is 33.3. The van der Waals surface area contributed by atoms with Gasteiger partial charge in [0.05, 0.1) is 0 Å². The summed E-state index contributed by atoms with van der Waals surface area (Å²) >= 11 is 1.42. The van der Waals surface area contributed by atoms with Gasteiger partial charge in [0.25, 0.3) is 11.8 Å². The molecule has 1 atom stereocenters. The number of hydrogen-bond donors (Lipinski definition) is 3. The third kappa shape index (κ3) is 8.07. The van der Waals surface area contributed by atoms with Gasteiger partial charge in [-0.15, -0.1) is 11.8 Å². The Balaban J connectivity index is 1.20. The summed E-state index contributed by atoms with van der Waals surface area (Å²) in [5.74, 6) is -0.983. The molecular formula is C41H33N3O3S. The summed E-state index contributed by atoms with van der Waals surface area (Å²) in [4.78, 5) is 41.2. The van der Waals surface area contributed by atoms with Gasteiger partial charge in [0.2, 0.25) is 5.91 Å². The van der Waals surface area contributed by atoms with Crippen molar-refractivity contribution < 1.29 is 14.4 Å². The molecule has 6 nitrogen and oxygen atoms in total. The minimum atomic E-state index is -0.525. The average Bonchev–Trinajstić information content (AvgIpc) is 3.12. The fourth-order valence-corrected chi connectivity index (χ4v) is 6.28. The molecule has 236 valence electrons. The van der Waals surface area contributed by atoms with Crippen LogP contribution in [-0.4, -0.2) is 17.7 Å². The van der Waals surface area contributed by atoms with E-state index < -0.39 is 11.2 Å². The lowest BCUT2D eigenvalue weighted by atomic mass is 10.1. The van der Waals surface area contributed by atoms with Crippen molar-refractivity contribution in [1.29, 1.82) is 0 Å². The van der Waals surface area contributed by atoms with E-state index in [1.165, 1.54) is 11.8 Å². The number of thioether (sulfide) groups is 1. The SMILES string of the molecule is Cc1cccc(/C=C(\NC(=O)c2ccccc2)C(=O)Nc2ccc(SC(C(=O)Nc3cccc4ccccc34)c3ccccc3)cc2)c1. The Labute approximate surface area is 283 Å². The molecule has 0 fully saturated rings. The standard InChI is InChI=1S/C41H33N3O3S/c1-28-12-10-13-29(26-28)27-37(44-39(45)32-17-6-3-7-18-32)40(46)42-33-22-24-34(25-23-33)48-38(31-15-4-2-5-16-31)41(47)43-36-21-11-19-30-14-8-9-20-35(30)36/h2-27,38H,1H3,(H,42,46)(H,43,47)(H,44,45)/b37-27-. The Hall–Kier alpha value is -5.92. The lowest BCUT2D eigenvalue weighted by Crippen LogP contribution is -2.30. The third-order valence-electron chi connectivity index (χ3n) is 7.64. The highest BCUT2D eigenvalue weighted by Crippen LogP contribution is 2.37. The van der Waals surface area contributed by atoms with E-state index in [4.69, 9.17) is 0 Å². The van der Waals surface area contributed by atoms with Gasteiger partial charge in [0.1, 0.15) is 10.9 Å². The highest BCUT2D eigenvalue weighted by atomic mass is 32.2. The second-order valence-electron chi connectivity index (χ2n) is 11.2. The number of nitrogens with one attached hydrogen (secondary N) is 3. The van der Waals surface area contributed by atoms with Crippen LogP contribution in [-0.2, 0) is 9.59 Å². The first-order chi connectivity index (χ1) is 23.4. The summed E-state index contributed by atoms with van der Waals surface area (Å²) in [5, 5.41) is 10.3. The van der Waals surface area contributed by atoms with E-state index in [2.05, 4.69) is 16.0 Å². The van der Waals surface area contributed by atoms with Crippen molar-refractivity contribution in [3.8, 4) is 0 Å². The zero-order valence-corrected chi connectivity index (χ0v) is 27.0. The number of benzene rings is 6. The average molecular weight is 648 g/mol. The number of fused-ring (bicyclic) bond motifs is 1. The van der Waals surface area contributed by atoms with Crippen LogP contribution in [0.15, 0.2) is 162 Å². The minimum Gasteiger partial charge on any atom is -0.324 e. The minimum absolute atomic E-state index is 0.113. The zero-order valence-electron chi connectivity index (χ0n) is 26.2. The maximum atomic E-state index is 13.8. The topological polar surface area (TPSA) is 87.3 Å². The molecule has 6 rings (SSSR count). The van der Waals surface area contributed by atoms with Crippen molar-refractivity contribution in [3.05, 3.63) is 180 Å². The number of anilines is 2.